The van der Waals surface area contributed by atoms with E-state index in [1.807, 2.05) is 0 Å². The summed E-state index contributed by atoms with van der Waals surface area (Å²) in [4.78, 5) is 33.3. The van der Waals surface area contributed by atoms with Crippen molar-refractivity contribution in [1.82, 2.24) is 14.3 Å². The number of rotatable bonds is 2. The van der Waals surface area contributed by atoms with Crippen LogP contribution in [0.25, 0.3) is 10.1 Å². The number of amides is 1. The second-order valence-corrected chi connectivity index (χ2v) is 8.61. The Hall–Kier alpha value is -2.69. The predicted molar refractivity (Wildman–Crippen MR) is 95.6 cm³/mol. The van der Waals surface area contributed by atoms with E-state index in [1.54, 1.807) is 24.3 Å². The second kappa shape index (κ2) is 5.94. The van der Waals surface area contributed by atoms with Crippen LogP contribution in [-0.4, -0.2) is 47.5 Å². The molecule has 0 fully saturated rings. The third-order valence-electron chi connectivity index (χ3n) is 4.09. The van der Waals surface area contributed by atoms with Crippen molar-refractivity contribution in [3.05, 3.63) is 47.7 Å². The van der Waals surface area contributed by atoms with Crippen LogP contribution in [0.2, 0.25) is 0 Å². The molecule has 1 amide bonds. The zero-order valence-electron chi connectivity index (χ0n) is 13.4. The molecule has 8 nitrogen and oxygen atoms in total. The third-order valence-corrected chi connectivity index (χ3v) is 7.31. The molecule has 26 heavy (non-hydrogen) atoms. The minimum absolute atomic E-state index is 0.0332. The van der Waals surface area contributed by atoms with E-state index in [0.29, 0.717) is 10.1 Å². The normalized spacial score (nSPS) is 19.3. The lowest BCUT2D eigenvalue weighted by atomic mass is 10.1. The van der Waals surface area contributed by atoms with Gasteiger partial charge in [-0.25, -0.2) is 13.4 Å². The lowest BCUT2D eigenvalue weighted by molar-refractivity contribution is -0.118. The van der Waals surface area contributed by atoms with Gasteiger partial charge in [0, 0.05) is 29.5 Å². The standard InChI is InChI=1S/C16H12N4O4S2/c1-20-12(16(22)19-11-8-17-6-7-18-11)13(21)14-15(26(20,23)24)9-4-2-3-5-10(9)25-14/h2-8,12H,1H3,(H,18,19,22). The summed E-state index contributed by atoms with van der Waals surface area (Å²) in [5.41, 5.74) is 0. The van der Waals surface area contributed by atoms with E-state index in [4.69, 9.17) is 0 Å². The van der Waals surface area contributed by atoms with Crippen molar-refractivity contribution in [2.24, 2.45) is 0 Å². The van der Waals surface area contributed by atoms with E-state index >= 15 is 0 Å². The molecular formula is C16H12N4O4S2. The lowest BCUT2D eigenvalue weighted by Crippen LogP contribution is -2.52. The number of hydrogen-bond acceptors (Lipinski definition) is 7. The molecule has 0 aliphatic carbocycles. The van der Waals surface area contributed by atoms with Crippen LogP contribution in [0.15, 0.2) is 47.8 Å². The highest BCUT2D eigenvalue weighted by Gasteiger charge is 2.47. The van der Waals surface area contributed by atoms with Crippen LogP contribution < -0.4 is 5.32 Å². The summed E-state index contributed by atoms with van der Waals surface area (Å²) in [6.45, 7) is 0. The average molecular weight is 388 g/mol. The molecular weight excluding hydrogens is 376 g/mol. The van der Waals surface area contributed by atoms with Gasteiger partial charge in [0.05, 0.1) is 11.1 Å². The molecule has 1 unspecified atom stereocenters. The van der Waals surface area contributed by atoms with Gasteiger partial charge in [0.2, 0.25) is 15.8 Å². The Bertz CT molecular complexity index is 1140. The maximum atomic E-state index is 13.0. The quantitative estimate of drug-likeness (QED) is 0.667. The van der Waals surface area contributed by atoms with E-state index in [-0.39, 0.29) is 15.6 Å². The number of nitrogens with one attached hydrogen (secondary N) is 1. The Kier molecular flexibility index (Phi) is 3.83. The summed E-state index contributed by atoms with van der Waals surface area (Å²) in [7, 11) is -2.77. The molecule has 1 aliphatic rings. The number of sulfonamides is 1. The minimum Gasteiger partial charge on any atom is -0.308 e. The van der Waals surface area contributed by atoms with Crippen molar-refractivity contribution >= 4 is 49.0 Å². The van der Waals surface area contributed by atoms with Crippen molar-refractivity contribution in [2.75, 3.05) is 12.4 Å². The van der Waals surface area contributed by atoms with Gasteiger partial charge < -0.3 is 5.32 Å². The van der Waals surface area contributed by atoms with Gasteiger partial charge in [-0.15, -0.1) is 11.3 Å². The highest BCUT2D eigenvalue weighted by atomic mass is 32.2. The largest absolute Gasteiger partial charge is 0.308 e. The predicted octanol–water partition coefficient (Wildman–Crippen LogP) is 1.52. The number of benzene rings is 1. The molecule has 3 heterocycles. The maximum Gasteiger partial charge on any atom is 0.252 e. The topological polar surface area (TPSA) is 109 Å². The molecule has 4 rings (SSSR count). The number of likely N-dealkylation sites (N-methyl/N-ethyl adjacent to an activating group) is 1. The fourth-order valence-corrected chi connectivity index (χ4v) is 5.97. The highest BCUT2D eigenvalue weighted by molar-refractivity contribution is 7.89. The molecule has 3 aromatic rings. The molecule has 0 radical (unpaired) electrons. The number of carbonyl (C=O) groups excluding carboxylic acids is 2. The van der Waals surface area contributed by atoms with Gasteiger partial charge in [-0.2, -0.15) is 4.31 Å². The minimum atomic E-state index is -4.00. The van der Waals surface area contributed by atoms with Crippen molar-refractivity contribution in [3.8, 4) is 0 Å². The smallest absolute Gasteiger partial charge is 0.252 e. The number of ketones is 1. The summed E-state index contributed by atoms with van der Waals surface area (Å²) >= 11 is 1.08. The Morgan fingerprint density at radius 2 is 2.04 bits per heavy atom. The van der Waals surface area contributed by atoms with E-state index in [1.165, 1.54) is 25.6 Å². The summed E-state index contributed by atoms with van der Waals surface area (Å²) in [5.74, 6) is -1.19. The number of hydrogen-bond donors (Lipinski definition) is 1. The number of Topliss-reactive ketones (excluding diaryl/α,β-unsaturated/α-hetero) is 1. The first-order valence-electron chi connectivity index (χ1n) is 7.52. The van der Waals surface area contributed by atoms with Gasteiger partial charge in [0.15, 0.2) is 11.9 Å². The van der Waals surface area contributed by atoms with Crippen molar-refractivity contribution < 1.29 is 18.0 Å². The van der Waals surface area contributed by atoms with Crippen LogP contribution in [0.5, 0.6) is 0 Å². The number of nitrogens with zero attached hydrogens (tertiary/aromatic N) is 3. The molecule has 0 bridgehead atoms. The first kappa shape index (κ1) is 16.8. The zero-order chi connectivity index (χ0) is 18.5. The fraction of sp³-hybridized carbons (Fsp3) is 0.125. The van der Waals surface area contributed by atoms with Crippen LogP contribution in [0.1, 0.15) is 9.67 Å². The third kappa shape index (κ3) is 2.42. The molecule has 10 heteroatoms. The van der Waals surface area contributed by atoms with E-state index in [0.717, 1.165) is 15.6 Å². The number of carbonyl (C=O) groups is 2. The first-order valence-corrected chi connectivity index (χ1v) is 9.77. The molecule has 1 aliphatic heterocycles. The summed E-state index contributed by atoms with van der Waals surface area (Å²) in [5, 5.41) is 2.93. The Morgan fingerprint density at radius 3 is 2.77 bits per heavy atom. The molecule has 0 saturated heterocycles. The molecule has 1 atom stereocenters. The molecule has 2 aromatic heterocycles. The highest BCUT2D eigenvalue weighted by Crippen LogP contribution is 2.40. The van der Waals surface area contributed by atoms with E-state index in [2.05, 4.69) is 15.3 Å². The van der Waals surface area contributed by atoms with Crippen LogP contribution >= 0.6 is 11.3 Å². The molecule has 0 saturated carbocycles. The van der Waals surface area contributed by atoms with Crippen LogP contribution in [0, 0.1) is 0 Å². The van der Waals surface area contributed by atoms with Gasteiger partial charge in [-0.05, 0) is 6.07 Å². The fourth-order valence-electron chi connectivity index (χ4n) is 2.85. The van der Waals surface area contributed by atoms with Crippen molar-refractivity contribution in [1.29, 1.82) is 0 Å². The van der Waals surface area contributed by atoms with Crippen molar-refractivity contribution in [2.45, 2.75) is 10.9 Å². The number of fused-ring (bicyclic) bond motifs is 3. The van der Waals surface area contributed by atoms with Crippen molar-refractivity contribution in [3.63, 3.8) is 0 Å². The number of anilines is 1. The van der Waals surface area contributed by atoms with Crippen LogP contribution in [0.3, 0.4) is 0 Å². The van der Waals surface area contributed by atoms with Gasteiger partial charge in [-0.1, -0.05) is 18.2 Å². The summed E-state index contributed by atoms with van der Waals surface area (Å²) in [6, 6.07) is 5.38. The monoisotopic (exact) mass is 388 g/mol. The lowest BCUT2D eigenvalue weighted by Gasteiger charge is -2.29. The summed E-state index contributed by atoms with van der Waals surface area (Å²) < 4.78 is 27.4. The van der Waals surface area contributed by atoms with Crippen LogP contribution in [-0.2, 0) is 14.8 Å². The molecule has 1 N–H and O–H groups in total. The average Bonchev–Trinajstić information content (AvgIpc) is 3.02. The van der Waals surface area contributed by atoms with E-state index in [9.17, 15) is 18.0 Å². The Labute approximate surface area is 152 Å². The van der Waals surface area contributed by atoms with E-state index < -0.39 is 27.8 Å². The molecule has 0 spiro atoms. The van der Waals surface area contributed by atoms with Gasteiger partial charge in [-0.3, -0.25) is 14.6 Å². The number of thiophene rings is 1. The van der Waals surface area contributed by atoms with Gasteiger partial charge in [0.1, 0.15) is 4.90 Å². The van der Waals surface area contributed by atoms with Gasteiger partial charge in [0.25, 0.3) is 5.91 Å². The van der Waals surface area contributed by atoms with Gasteiger partial charge >= 0.3 is 0 Å². The second-order valence-electron chi connectivity index (χ2n) is 5.62. The zero-order valence-corrected chi connectivity index (χ0v) is 15.0. The summed E-state index contributed by atoms with van der Waals surface area (Å²) in [6.07, 6.45) is 4.12. The first-order chi connectivity index (χ1) is 12.4. The number of aromatic nitrogens is 2. The maximum absolute atomic E-state index is 13.0. The Morgan fingerprint density at radius 1 is 1.27 bits per heavy atom. The Balaban J connectivity index is 1.82. The molecule has 1 aromatic carbocycles. The SMILES string of the molecule is CN1C(C(=O)Nc2cnccn2)C(=O)c2sc3ccccc3c2S1(=O)=O. The van der Waals surface area contributed by atoms with Crippen LogP contribution in [0.4, 0.5) is 5.82 Å². The molecule has 132 valence electrons.